The topological polar surface area (TPSA) is 53.9 Å². The number of aliphatic imine (C=N–C) groups is 1. The van der Waals surface area contributed by atoms with Gasteiger partial charge in [0.2, 0.25) is 0 Å². The highest BCUT2D eigenvalue weighted by Crippen LogP contribution is 2.34. The van der Waals surface area contributed by atoms with Crippen LogP contribution in [0.4, 0.5) is 5.69 Å². The van der Waals surface area contributed by atoms with Gasteiger partial charge in [-0.3, -0.25) is 9.79 Å². The summed E-state index contributed by atoms with van der Waals surface area (Å²) in [5.74, 6) is 1.19. The molecule has 5 nitrogen and oxygen atoms in total. The number of nitrogens with zero attached hydrogens (tertiary/aromatic N) is 2. The van der Waals surface area contributed by atoms with E-state index in [0.717, 1.165) is 12.2 Å². The Kier molecular flexibility index (Phi) is 3.15. The molecule has 4 heterocycles. The van der Waals surface area contributed by atoms with E-state index in [1.165, 1.54) is 25.9 Å². The highest BCUT2D eigenvalue weighted by atomic mass is 16.5. The lowest BCUT2D eigenvalue weighted by molar-refractivity contribution is 0.0619. The van der Waals surface area contributed by atoms with Crippen LogP contribution >= 0.6 is 0 Å². The summed E-state index contributed by atoms with van der Waals surface area (Å²) < 4.78 is 5.61. The van der Waals surface area contributed by atoms with Crippen LogP contribution in [0.15, 0.2) is 23.2 Å². The zero-order chi connectivity index (χ0) is 14.2. The molecule has 1 unspecified atom stereocenters. The molecule has 1 atom stereocenters. The van der Waals surface area contributed by atoms with Crippen molar-refractivity contribution in [1.29, 1.82) is 0 Å². The summed E-state index contributed by atoms with van der Waals surface area (Å²) in [7, 11) is 0. The molecular formula is C16H19N3O2. The van der Waals surface area contributed by atoms with Crippen LogP contribution in [0.3, 0.4) is 0 Å². The van der Waals surface area contributed by atoms with Crippen LogP contribution in [0.5, 0.6) is 5.75 Å². The number of benzene rings is 1. The number of rotatable bonds is 2. The maximum absolute atomic E-state index is 12.6. The minimum absolute atomic E-state index is 0.0392. The highest BCUT2D eigenvalue weighted by Gasteiger charge is 2.35. The third-order valence-corrected chi connectivity index (χ3v) is 4.74. The summed E-state index contributed by atoms with van der Waals surface area (Å²) in [5, 5.41) is 3.20. The summed E-state index contributed by atoms with van der Waals surface area (Å²) >= 11 is 0. The quantitative estimate of drug-likeness (QED) is 0.898. The molecule has 0 radical (unpaired) electrons. The van der Waals surface area contributed by atoms with Gasteiger partial charge in [-0.1, -0.05) is 6.07 Å². The molecule has 21 heavy (non-hydrogen) atoms. The van der Waals surface area contributed by atoms with Gasteiger partial charge in [0.05, 0.1) is 5.56 Å². The molecule has 1 aromatic rings. The molecule has 0 saturated carbocycles. The second-order valence-electron chi connectivity index (χ2n) is 5.99. The number of hydrogen-bond acceptors (Lipinski definition) is 4. The van der Waals surface area contributed by atoms with E-state index in [2.05, 4.69) is 15.2 Å². The van der Waals surface area contributed by atoms with Crippen molar-refractivity contribution in [2.45, 2.75) is 18.9 Å². The Labute approximate surface area is 124 Å². The van der Waals surface area contributed by atoms with Crippen molar-refractivity contribution >= 4 is 17.8 Å². The van der Waals surface area contributed by atoms with Gasteiger partial charge in [-0.25, -0.2) is 0 Å². The molecule has 4 aliphatic heterocycles. The number of para-hydroxylation sites is 1. The number of nitrogens with one attached hydrogen (secondary N) is 1. The largest absolute Gasteiger partial charge is 0.485 e. The van der Waals surface area contributed by atoms with E-state index in [0.29, 0.717) is 23.8 Å². The van der Waals surface area contributed by atoms with E-state index < -0.39 is 0 Å². The molecule has 0 aliphatic carbocycles. The van der Waals surface area contributed by atoms with Crippen molar-refractivity contribution in [3.63, 3.8) is 0 Å². The molecule has 1 N–H and O–H groups in total. The molecule has 3 fully saturated rings. The van der Waals surface area contributed by atoms with E-state index in [1.807, 2.05) is 18.2 Å². The van der Waals surface area contributed by atoms with Crippen LogP contribution in [0.1, 0.15) is 23.2 Å². The van der Waals surface area contributed by atoms with Crippen molar-refractivity contribution < 1.29 is 9.53 Å². The van der Waals surface area contributed by atoms with Gasteiger partial charge in [0.1, 0.15) is 12.3 Å². The maximum Gasteiger partial charge on any atom is 0.255 e. The first-order chi connectivity index (χ1) is 10.3. The minimum atomic E-state index is -0.0392. The van der Waals surface area contributed by atoms with Crippen LogP contribution < -0.4 is 10.1 Å². The molecule has 3 saturated heterocycles. The molecule has 5 heteroatoms. The van der Waals surface area contributed by atoms with Gasteiger partial charge in [-0.2, -0.15) is 0 Å². The predicted molar refractivity (Wildman–Crippen MR) is 80.5 cm³/mol. The molecule has 5 rings (SSSR count). The summed E-state index contributed by atoms with van der Waals surface area (Å²) in [6.45, 7) is 3.76. The predicted octanol–water partition coefficient (Wildman–Crippen LogP) is 1.61. The van der Waals surface area contributed by atoms with E-state index in [1.54, 1.807) is 6.21 Å². The van der Waals surface area contributed by atoms with Crippen molar-refractivity contribution in [3.8, 4) is 5.75 Å². The number of piperidine rings is 3. The summed E-state index contributed by atoms with van der Waals surface area (Å²) in [6.07, 6.45) is 4.11. The molecular weight excluding hydrogens is 266 g/mol. The number of carbonyl (C=O) groups is 1. The standard InChI is InChI=1S/C16H19N3O2/c20-16(18-14-10-19-7-4-11(14)5-8-19)12-2-1-3-13-15(12)21-9-6-17-13/h1-3,6,11,14H,4-5,7-10H2,(H,18,20). The number of hydrogen-bond donors (Lipinski definition) is 1. The Morgan fingerprint density at radius 3 is 2.95 bits per heavy atom. The fraction of sp³-hybridized carbons (Fsp3) is 0.500. The lowest BCUT2D eigenvalue weighted by Gasteiger charge is -2.44. The van der Waals surface area contributed by atoms with Crippen LogP contribution in [0, 0.1) is 5.92 Å². The maximum atomic E-state index is 12.6. The monoisotopic (exact) mass is 285 g/mol. The van der Waals surface area contributed by atoms with Crippen molar-refractivity contribution in [1.82, 2.24) is 10.2 Å². The molecule has 110 valence electrons. The first-order valence-electron chi connectivity index (χ1n) is 7.63. The third kappa shape index (κ3) is 2.31. The van der Waals surface area contributed by atoms with E-state index in [-0.39, 0.29) is 11.9 Å². The summed E-state index contributed by atoms with van der Waals surface area (Å²) in [6, 6.07) is 5.81. The highest BCUT2D eigenvalue weighted by molar-refractivity contribution is 5.99. The SMILES string of the molecule is O=C(NC1CN2CCC1CC2)c1cccc2c1OCC=N2. The lowest BCUT2D eigenvalue weighted by atomic mass is 9.84. The molecule has 4 aliphatic rings. The van der Waals surface area contributed by atoms with E-state index >= 15 is 0 Å². The number of amides is 1. The first-order valence-corrected chi connectivity index (χ1v) is 7.63. The number of ether oxygens (including phenoxy) is 1. The Hall–Kier alpha value is -1.88. The van der Waals surface area contributed by atoms with Gasteiger partial charge in [-0.05, 0) is 44.0 Å². The molecule has 0 spiro atoms. The second-order valence-corrected chi connectivity index (χ2v) is 5.99. The summed E-state index contributed by atoms with van der Waals surface area (Å²) in [4.78, 5) is 19.3. The van der Waals surface area contributed by atoms with Gasteiger partial charge >= 0.3 is 0 Å². The third-order valence-electron chi connectivity index (χ3n) is 4.74. The molecule has 2 bridgehead atoms. The Balaban J connectivity index is 1.54. The molecule has 1 aromatic carbocycles. The molecule has 1 amide bonds. The zero-order valence-electron chi connectivity index (χ0n) is 11.9. The minimum Gasteiger partial charge on any atom is -0.485 e. The lowest BCUT2D eigenvalue weighted by Crippen LogP contribution is -2.57. The van der Waals surface area contributed by atoms with Crippen molar-refractivity contribution in [3.05, 3.63) is 23.8 Å². The normalized spacial score (nSPS) is 29.6. The van der Waals surface area contributed by atoms with Gasteiger partial charge in [0.25, 0.3) is 5.91 Å². The number of carbonyl (C=O) groups excluding carboxylic acids is 1. The van der Waals surface area contributed by atoms with E-state index in [4.69, 9.17) is 4.74 Å². The van der Waals surface area contributed by atoms with Gasteiger partial charge in [-0.15, -0.1) is 0 Å². The Morgan fingerprint density at radius 2 is 2.19 bits per heavy atom. The fourth-order valence-electron chi connectivity index (χ4n) is 3.59. The van der Waals surface area contributed by atoms with Crippen LogP contribution in [0.2, 0.25) is 0 Å². The number of fused-ring (bicyclic) bond motifs is 4. The zero-order valence-corrected chi connectivity index (χ0v) is 11.9. The first kappa shape index (κ1) is 12.8. The average Bonchev–Trinajstić information content (AvgIpc) is 2.55. The van der Waals surface area contributed by atoms with Crippen molar-refractivity contribution in [2.24, 2.45) is 10.9 Å². The van der Waals surface area contributed by atoms with Crippen molar-refractivity contribution in [2.75, 3.05) is 26.2 Å². The summed E-state index contributed by atoms with van der Waals surface area (Å²) in [5.41, 5.74) is 1.34. The van der Waals surface area contributed by atoms with Crippen LogP contribution in [0.25, 0.3) is 0 Å². The van der Waals surface area contributed by atoms with Crippen LogP contribution in [-0.2, 0) is 0 Å². The van der Waals surface area contributed by atoms with Gasteiger partial charge in [0.15, 0.2) is 5.75 Å². The smallest absolute Gasteiger partial charge is 0.255 e. The van der Waals surface area contributed by atoms with Gasteiger partial charge in [0, 0.05) is 18.8 Å². The van der Waals surface area contributed by atoms with E-state index in [9.17, 15) is 4.79 Å². The fourth-order valence-corrected chi connectivity index (χ4v) is 3.59. The van der Waals surface area contributed by atoms with Gasteiger partial charge < -0.3 is 15.0 Å². The Morgan fingerprint density at radius 1 is 1.33 bits per heavy atom. The average molecular weight is 285 g/mol. The second kappa shape index (κ2) is 5.15. The Bertz CT molecular complexity index is 591. The molecule has 0 aromatic heterocycles. The van der Waals surface area contributed by atoms with Crippen LogP contribution in [-0.4, -0.2) is 49.3 Å².